The van der Waals surface area contributed by atoms with E-state index in [1.165, 1.54) is 36.8 Å². The molecule has 0 heterocycles. The Balaban J connectivity index is 2.15. The maximum Gasteiger partial charge on any atom is -0.0225 e. The largest absolute Gasteiger partial charge is 0.0843 e. The SMILES string of the molecule is CCC1C/C=C\C=C(\c2ccccc2)CC1. The molecule has 0 saturated carbocycles. The molecule has 0 aromatic heterocycles. The summed E-state index contributed by atoms with van der Waals surface area (Å²) < 4.78 is 0. The second-order valence-corrected chi connectivity index (χ2v) is 4.53. The van der Waals surface area contributed by atoms with Crippen molar-refractivity contribution in [1.82, 2.24) is 0 Å². The van der Waals surface area contributed by atoms with E-state index in [1.807, 2.05) is 0 Å². The summed E-state index contributed by atoms with van der Waals surface area (Å²) in [4.78, 5) is 0. The first-order chi connectivity index (χ1) is 7.90. The lowest BCUT2D eigenvalue weighted by molar-refractivity contribution is 0.482. The van der Waals surface area contributed by atoms with Crippen molar-refractivity contribution in [1.29, 1.82) is 0 Å². The molecule has 0 nitrogen and oxygen atoms in total. The van der Waals surface area contributed by atoms with Crippen LogP contribution >= 0.6 is 0 Å². The quantitative estimate of drug-likeness (QED) is 0.658. The van der Waals surface area contributed by atoms with Crippen molar-refractivity contribution in [2.24, 2.45) is 5.92 Å². The third-order valence-electron chi connectivity index (χ3n) is 3.45. The topological polar surface area (TPSA) is 0 Å². The van der Waals surface area contributed by atoms with Crippen LogP contribution in [0.1, 0.15) is 38.2 Å². The average Bonchev–Trinajstić information content (AvgIpc) is 2.30. The van der Waals surface area contributed by atoms with Crippen LogP contribution in [0.2, 0.25) is 0 Å². The second-order valence-electron chi connectivity index (χ2n) is 4.53. The van der Waals surface area contributed by atoms with Crippen LogP contribution in [-0.2, 0) is 0 Å². The van der Waals surface area contributed by atoms with Crippen LogP contribution in [0.4, 0.5) is 0 Å². The molecule has 0 saturated heterocycles. The van der Waals surface area contributed by atoms with Gasteiger partial charge in [-0.1, -0.05) is 61.9 Å². The summed E-state index contributed by atoms with van der Waals surface area (Å²) in [6, 6.07) is 10.7. The third-order valence-corrected chi connectivity index (χ3v) is 3.45. The summed E-state index contributed by atoms with van der Waals surface area (Å²) >= 11 is 0. The highest BCUT2D eigenvalue weighted by molar-refractivity contribution is 5.67. The molecule has 0 fully saturated rings. The van der Waals surface area contributed by atoms with Crippen molar-refractivity contribution in [3.05, 3.63) is 54.1 Å². The summed E-state index contributed by atoms with van der Waals surface area (Å²) in [6.07, 6.45) is 11.9. The first-order valence-electron chi connectivity index (χ1n) is 6.31. The minimum absolute atomic E-state index is 0.865. The van der Waals surface area contributed by atoms with E-state index in [4.69, 9.17) is 0 Å². The molecule has 16 heavy (non-hydrogen) atoms. The molecule has 1 unspecified atom stereocenters. The van der Waals surface area contributed by atoms with Gasteiger partial charge in [-0.2, -0.15) is 0 Å². The Morgan fingerprint density at radius 3 is 2.75 bits per heavy atom. The molecular weight excluding hydrogens is 192 g/mol. The molecule has 1 atom stereocenters. The zero-order chi connectivity index (χ0) is 11.2. The zero-order valence-corrected chi connectivity index (χ0v) is 10.0. The van der Waals surface area contributed by atoms with Gasteiger partial charge in [-0.05, 0) is 36.3 Å². The van der Waals surface area contributed by atoms with Crippen molar-refractivity contribution < 1.29 is 0 Å². The Morgan fingerprint density at radius 1 is 1.19 bits per heavy atom. The molecule has 0 spiro atoms. The number of rotatable bonds is 2. The monoisotopic (exact) mass is 212 g/mol. The van der Waals surface area contributed by atoms with Gasteiger partial charge in [0.1, 0.15) is 0 Å². The van der Waals surface area contributed by atoms with Crippen molar-refractivity contribution in [2.75, 3.05) is 0 Å². The summed E-state index contributed by atoms with van der Waals surface area (Å²) in [5.74, 6) is 0.865. The average molecular weight is 212 g/mol. The fourth-order valence-corrected chi connectivity index (χ4v) is 2.28. The van der Waals surface area contributed by atoms with Crippen LogP contribution in [0.25, 0.3) is 5.57 Å². The van der Waals surface area contributed by atoms with Crippen molar-refractivity contribution in [3.63, 3.8) is 0 Å². The fraction of sp³-hybridized carbons (Fsp3) is 0.375. The molecule has 2 rings (SSSR count). The van der Waals surface area contributed by atoms with E-state index in [-0.39, 0.29) is 0 Å². The maximum absolute atomic E-state index is 2.32. The van der Waals surface area contributed by atoms with Gasteiger partial charge in [-0.15, -0.1) is 0 Å². The Kier molecular flexibility index (Phi) is 3.98. The first-order valence-corrected chi connectivity index (χ1v) is 6.31. The first kappa shape index (κ1) is 11.2. The van der Waals surface area contributed by atoms with Crippen LogP contribution < -0.4 is 0 Å². The summed E-state index contributed by atoms with van der Waals surface area (Å²) in [6.45, 7) is 2.30. The van der Waals surface area contributed by atoms with E-state index in [0.717, 1.165) is 5.92 Å². The van der Waals surface area contributed by atoms with Crippen molar-refractivity contribution in [2.45, 2.75) is 32.6 Å². The van der Waals surface area contributed by atoms with E-state index < -0.39 is 0 Å². The highest BCUT2D eigenvalue weighted by Gasteiger charge is 2.08. The third kappa shape index (κ3) is 2.85. The van der Waals surface area contributed by atoms with Gasteiger partial charge in [0.15, 0.2) is 0 Å². The van der Waals surface area contributed by atoms with E-state index in [1.54, 1.807) is 0 Å². The predicted octanol–water partition coefficient (Wildman–Crippen LogP) is 4.84. The molecule has 0 aliphatic heterocycles. The highest BCUT2D eigenvalue weighted by atomic mass is 14.1. The van der Waals surface area contributed by atoms with Gasteiger partial charge in [0, 0.05) is 0 Å². The number of hydrogen-bond acceptors (Lipinski definition) is 0. The molecule has 0 N–H and O–H groups in total. The molecule has 0 bridgehead atoms. The van der Waals surface area contributed by atoms with Crippen LogP contribution in [0, 0.1) is 5.92 Å². The predicted molar refractivity (Wildman–Crippen MR) is 71.2 cm³/mol. The van der Waals surface area contributed by atoms with Gasteiger partial charge in [0.25, 0.3) is 0 Å². The Hall–Kier alpha value is -1.30. The second kappa shape index (κ2) is 5.69. The summed E-state index contributed by atoms with van der Waals surface area (Å²) in [5, 5.41) is 0. The van der Waals surface area contributed by atoms with Gasteiger partial charge in [0.05, 0.1) is 0 Å². The molecule has 0 heteroatoms. The van der Waals surface area contributed by atoms with E-state index in [9.17, 15) is 0 Å². The Morgan fingerprint density at radius 2 is 2.00 bits per heavy atom. The van der Waals surface area contributed by atoms with Gasteiger partial charge in [0.2, 0.25) is 0 Å². The normalized spacial score (nSPS) is 26.3. The van der Waals surface area contributed by atoms with E-state index in [2.05, 4.69) is 55.5 Å². The molecule has 1 aromatic carbocycles. The molecule has 0 amide bonds. The van der Waals surface area contributed by atoms with Gasteiger partial charge < -0.3 is 0 Å². The minimum Gasteiger partial charge on any atom is -0.0843 e. The fourth-order valence-electron chi connectivity index (χ4n) is 2.28. The van der Waals surface area contributed by atoms with Crippen LogP contribution in [0.5, 0.6) is 0 Å². The lowest BCUT2D eigenvalue weighted by atomic mass is 9.89. The highest BCUT2D eigenvalue weighted by Crippen LogP contribution is 2.27. The van der Waals surface area contributed by atoms with Crippen LogP contribution in [0.3, 0.4) is 0 Å². The number of allylic oxidation sites excluding steroid dienone is 4. The molecular formula is C16H20. The lowest BCUT2D eigenvalue weighted by Crippen LogP contribution is -1.99. The summed E-state index contributed by atoms with van der Waals surface area (Å²) in [7, 11) is 0. The standard InChI is InChI=1S/C16H20/c1-2-14-8-6-7-11-16(13-12-14)15-9-4-3-5-10-15/h3-7,9-11,14H,2,8,12-13H2,1H3/b7-6-,16-11+. The maximum atomic E-state index is 2.32. The van der Waals surface area contributed by atoms with Gasteiger partial charge >= 0.3 is 0 Å². The number of benzene rings is 1. The molecule has 1 aliphatic rings. The van der Waals surface area contributed by atoms with Crippen LogP contribution in [-0.4, -0.2) is 0 Å². The lowest BCUT2D eigenvalue weighted by Gasteiger charge is -2.16. The van der Waals surface area contributed by atoms with Crippen molar-refractivity contribution in [3.8, 4) is 0 Å². The Bertz CT molecular complexity index is 370. The smallest absolute Gasteiger partial charge is 0.0225 e. The van der Waals surface area contributed by atoms with Gasteiger partial charge in [-0.3, -0.25) is 0 Å². The summed E-state index contributed by atoms with van der Waals surface area (Å²) in [5.41, 5.74) is 2.86. The zero-order valence-electron chi connectivity index (χ0n) is 10.0. The van der Waals surface area contributed by atoms with Gasteiger partial charge in [-0.25, -0.2) is 0 Å². The van der Waals surface area contributed by atoms with E-state index >= 15 is 0 Å². The van der Waals surface area contributed by atoms with E-state index in [0.29, 0.717) is 0 Å². The van der Waals surface area contributed by atoms with Crippen LogP contribution in [0.15, 0.2) is 48.6 Å². The molecule has 0 radical (unpaired) electrons. The molecule has 1 aliphatic carbocycles. The molecule has 1 aromatic rings. The number of hydrogen-bond donors (Lipinski definition) is 0. The Labute approximate surface area is 98.7 Å². The minimum atomic E-state index is 0.865. The van der Waals surface area contributed by atoms with Crippen molar-refractivity contribution >= 4 is 5.57 Å². The molecule has 84 valence electrons.